The molecule has 3 aromatic heterocycles. The van der Waals surface area contributed by atoms with E-state index in [1.54, 1.807) is 4.90 Å². The van der Waals surface area contributed by atoms with E-state index in [1.165, 1.54) is 18.0 Å². The number of thioether (sulfide) groups is 1. The quantitative estimate of drug-likeness (QED) is 0.520. The number of carbonyl (C=O) groups is 1. The predicted molar refractivity (Wildman–Crippen MR) is 97.1 cm³/mol. The Bertz CT molecular complexity index is 1070. The Morgan fingerprint density at radius 3 is 3.08 bits per heavy atom. The van der Waals surface area contributed by atoms with Gasteiger partial charge in [0.2, 0.25) is 0 Å². The van der Waals surface area contributed by atoms with Crippen LogP contribution in [0.2, 0.25) is 5.15 Å². The maximum absolute atomic E-state index is 14.4. The highest BCUT2D eigenvalue weighted by Gasteiger charge is 2.44. The minimum Gasteiger partial charge on any atom is -0.447 e. The van der Waals surface area contributed by atoms with E-state index < -0.39 is 5.82 Å². The highest BCUT2D eigenvalue weighted by atomic mass is 35.5. The van der Waals surface area contributed by atoms with Gasteiger partial charge in [-0.3, -0.25) is 4.90 Å². The molecule has 2 atom stereocenters. The van der Waals surface area contributed by atoms with E-state index in [2.05, 4.69) is 15.0 Å². The number of hydrogen-bond acceptors (Lipinski definition) is 5. The number of amides is 1. The minimum absolute atomic E-state index is 0.0720. The number of ether oxygens (including phenoxy) is 1. The van der Waals surface area contributed by atoms with E-state index in [9.17, 15) is 9.18 Å². The Morgan fingerprint density at radius 2 is 2.27 bits per heavy atom. The summed E-state index contributed by atoms with van der Waals surface area (Å²) >= 11 is 7.26. The van der Waals surface area contributed by atoms with E-state index in [0.29, 0.717) is 17.0 Å². The van der Waals surface area contributed by atoms with E-state index in [-0.39, 0.29) is 28.8 Å². The first-order valence-corrected chi connectivity index (χ1v) is 9.84. The predicted octanol–water partition coefficient (Wildman–Crippen LogP) is 4.28. The van der Waals surface area contributed by atoms with Gasteiger partial charge >= 0.3 is 6.09 Å². The maximum atomic E-state index is 14.4. The molecule has 5 heterocycles. The van der Waals surface area contributed by atoms with Crippen LogP contribution in [-0.4, -0.2) is 44.8 Å². The molecule has 2 fully saturated rings. The summed E-state index contributed by atoms with van der Waals surface area (Å²) in [7, 11) is 0. The van der Waals surface area contributed by atoms with Crippen LogP contribution in [0, 0.1) is 5.82 Å². The fourth-order valence-corrected chi connectivity index (χ4v) is 4.67. The highest BCUT2D eigenvalue weighted by Crippen LogP contribution is 2.42. The van der Waals surface area contributed by atoms with Crippen LogP contribution in [0.5, 0.6) is 0 Å². The SMILES string of the molecule is CSc1nc2c(F)c(Cl)ncc2c2[nH]c(C3CCC4COC(=O)N43)cc12. The van der Waals surface area contributed by atoms with Gasteiger partial charge in [0, 0.05) is 22.7 Å². The van der Waals surface area contributed by atoms with Crippen molar-refractivity contribution in [2.45, 2.75) is 30.0 Å². The summed E-state index contributed by atoms with van der Waals surface area (Å²) in [6.07, 6.45) is 4.92. The number of H-pyrrole nitrogens is 1. The van der Waals surface area contributed by atoms with E-state index in [1.807, 2.05) is 12.3 Å². The lowest BCUT2D eigenvalue weighted by Gasteiger charge is -2.20. The van der Waals surface area contributed by atoms with Crippen LogP contribution in [0.15, 0.2) is 17.3 Å². The summed E-state index contributed by atoms with van der Waals surface area (Å²) < 4.78 is 19.6. The van der Waals surface area contributed by atoms with Gasteiger partial charge in [-0.25, -0.2) is 19.2 Å². The summed E-state index contributed by atoms with van der Waals surface area (Å²) in [5.41, 5.74) is 1.86. The molecule has 0 aliphatic carbocycles. The third-order valence-electron chi connectivity index (χ3n) is 5.17. The molecule has 2 unspecified atom stereocenters. The number of carbonyl (C=O) groups excluding carboxylic acids is 1. The second kappa shape index (κ2) is 5.72. The highest BCUT2D eigenvalue weighted by molar-refractivity contribution is 7.98. The lowest BCUT2D eigenvalue weighted by Crippen LogP contribution is -2.29. The van der Waals surface area contributed by atoms with Crippen LogP contribution in [0.1, 0.15) is 24.6 Å². The lowest BCUT2D eigenvalue weighted by molar-refractivity contribution is 0.149. The van der Waals surface area contributed by atoms with Gasteiger partial charge in [-0.1, -0.05) is 11.6 Å². The summed E-state index contributed by atoms with van der Waals surface area (Å²) in [5, 5.41) is 1.97. The molecule has 0 radical (unpaired) electrons. The summed E-state index contributed by atoms with van der Waals surface area (Å²) in [6.45, 7) is 0.448. The van der Waals surface area contributed by atoms with Gasteiger partial charge in [0.1, 0.15) is 17.1 Å². The molecule has 2 aliphatic rings. The van der Waals surface area contributed by atoms with Crippen LogP contribution in [0.3, 0.4) is 0 Å². The number of nitrogens with zero attached hydrogens (tertiary/aromatic N) is 3. The van der Waals surface area contributed by atoms with Gasteiger partial charge in [0.05, 0.1) is 17.6 Å². The molecule has 0 bridgehead atoms. The number of hydrogen-bond donors (Lipinski definition) is 1. The smallest absolute Gasteiger partial charge is 0.410 e. The van der Waals surface area contributed by atoms with Gasteiger partial charge < -0.3 is 9.72 Å². The first-order chi connectivity index (χ1) is 12.6. The molecule has 6 nitrogen and oxygen atoms in total. The Hall–Kier alpha value is -2.06. The molecule has 2 aliphatic heterocycles. The Balaban J connectivity index is 1.73. The molecule has 134 valence electrons. The van der Waals surface area contributed by atoms with Gasteiger partial charge in [-0.2, -0.15) is 0 Å². The van der Waals surface area contributed by atoms with Crippen molar-refractivity contribution in [2.75, 3.05) is 12.9 Å². The Kier molecular flexibility index (Phi) is 3.55. The molecule has 5 rings (SSSR count). The third-order valence-corrected chi connectivity index (χ3v) is 6.13. The summed E-state index contributed by atoms with van der Waals surface area (Å²) in [6, 6.07) is 2.06. The molecule has 0 saturated carbocycles. The zero-order valence-electron chi connectivity index (χ0n) is 13.8. The number of halogens is 2. The third kappa shape index (κ3) is 2.15. The Labute approximate surface area is 157 Å². The molecule has 1 N–H and O–H groups in total. The number of fused-ring (bicyclic) bond motifs is 4. The standard InChI is InChI=1S/C17H14ClFN4O2S/c1-26-16-8-4-10(11-3-2-7-6-25-17(24)23(7)11)21-13(8)9-5-20-15(18)12(19)14(9)22-16/h4-5,7,11,21H,2-3,6H2,1H3. The van der Waals surface area contributed by atoms with Crippen molar-refractivity contribution >= 4 is 51.3 Å². The van der Waals surface area contributed by atoms with Crippen molar-refractivity contribution in [3.8, 4) is 0 Å². The maximum Gasteiger partial charge on any atom is 0.410 e. The zero-order valence-corrected chi connectivity index (χ0v) is 15.3. The van der Waals surface area contributed by atoms with Crippen molar-refractivity contribution in [1.29, 1.82) is 0 Å². The van der Waals surface area contributed by atoms with Crippen LogP contribution < -0.4 is 0 Å². The average molecular weight is 393 g/mol. The second-order valence-electron chi connectivity index (χ2n) is 6.49. The monoisotopic (exact) mass is 392 g/mol. The molecule has 1 amide bonds. The number of aromatic nitrogens is 3. The van der Waals surface area contributed by atoms with Crippen LogP contribution >= 0.6 is 23.4 Å². The molecule has 0 spiro atoms. The molecule has 3 aromatic rings. The van der Waals surface area contributed by atoms with Gasteiger partial charge in [-0.05, 0) is 25.2 Å². The number of aromatic amines is 1. The molecule has 9 heteroatoms. The van der Waals surface area contributed by atoms with Gasteiger partial charge in [-0.15, -0.1) is 11.8 Å². The van der Waals surface area contributed by atoms with E-state index >= 15 is 0 Å². The topological polar surface area (TPSA) is 71.1 Å². The minimum atomic E-state index is -0.624. The fraction of sp³-hybridized carbons (Fsp3) is 0.353. The van der Waals surface area contributed by atoms with Crippen molar-refractivity contribution in [3.63, 3.8) is 0 Å². The number of nitrogens with one attached hydrogen (secondary N) is 1. The average Bonchev–Trinajstić information content (AvgIpc) is 3.33. The summed E-state index contributed by atoms with van der Waals surface area (Å²) in [5.74, 6) is -0.624. The molecular weight excluding hydrogens is 379 g/mol. The van der Waals surface area contributed by atoms with Crippen LogP contribution in [-0.2, 0) is 4.74 Å². The first kappa shape index (κ1) is 16.1. The van der Waals surface area contributed by atoms with Gasteiger partial charge in [0.25, 0.3) is 0 Å². The van der Waals surface area contributed by atoms with Crippen LogP contribution in [0.4, 0.5) is 9.18 Å². The second-order valence-corrected chi connectivity index (χ2v) is 7.64. The van der Waals surface area contributed by atoms with E-state index in [4.69, 9.17) is 16.3 Å². The van der Waals surface area contributed by atoms with Gasteiger partial charge in [0.15, 0.2) is 11.0 Å². The fourth-order valence-electron chi connectivity index (χ4n) is 3.97. The molecule has 2 saturated heterocycles. The first-order valence-electron chi connectivity index (χ1n) is 8.24. The van der Waals surface area contributed by atoms with Crippen molar-refractivity contribution < 1.29 is 13.9 Å². The molecule has 0 aromatic carbocycles. The Morgan fingerprint density at radius 1 is 1.42 bits per heavy atom. The lowest BCUT2D eigenvalue weighted by atomic mass is 10.1. The van der Waals surface area contributed by atoms with Crippen molar-refractivity contribution in [2.24, 2.45) is 0 Å². The van der Waals surface area contributed by atoms with E-state index in [0.717, 1.165) is 29.4 Å². The summed E-state index contributed by atoms with van der Waals surface area (Å²) in [4.78, 5) is 25.6. The van der Waals surface area contributed by atoms with Crippen molar-refractivity contribution in [1.82, 2.24) is 19.9 Å². The number of cyclic esters (lactones) is 1. The van der Waals surface area contributed by atoms with Crippen LogP contribution in [0.25, 0.3) is 21.8 Å². The zero-order chi connectivity index (χ0) is 18.0. The molecular formula is C17H14ClFN4O2S. The number of pyridine rings is 2. The molecule has 26 heavy (non-hydrogen) atoms. The normalized spacial score (nSPS) is 22.4. The van der Waals surface area contributed by atoms with Crippen molar-refractivity contribution in [3.05, 3.63) is 28.9 Å². The number of rotatable bonds is 2. The largest absolute Gasteiger partial charge is 0.447 e.